The first-order valence-corrected chi connectivity index (χ1v) is 25.9. The minimum absolute atomic E-state index is 0.0872. The van der Waals surface area contributed by atoms with Gasteiger partial charge in [-0.1, -0.05) is 218 Å². The van der Waals surface area contributed by atoms with Crippen molar-refractivity contribution in [2.45, 2.75) is 284 Å². The molecular formula is C53H100O5. The van der Waals surface area contributed by atoms with E-state index in [9.17, 15) is 9.59 Å². The van der Waals surface area contributed by atoms with Gasteiger partial charge in [-0.3, -0.25) is 9.59 Å². The Bertz CT molecular complexity index is 882. The molecule has 0 amide bonds. The van der Waals surface area contributed by atoms with Gasteiger partial charge in [0.15, 0.2) is 6.10 Å². The third-order valence-electron chi connectivity index (χ3n) is 11.5. The molecule has 0 spiro atoms. The zero-order valence-corrected chi connectivity index (χ0v) is 39.3. The number of hydrogen-bond acceptors (Lipinski definition) is 5. The summed E-state index contributed by atoms with van der Waals surface area (Å²) in [6, 6.07) is 0. The fourth-order valence-corrected chi connectivity index (χ4v) is 7.56. The van der Waals surface area contributed by atoms with Crippen molar-refractivity contribution < 1.29 is 23.8 Å². The topological polar surface area (TPSA) is 61.8 Å². The van der Waals surface area contributed by atoms with Crippen LogP contribution in [0.1, 0.15) is 278 Å². The second kappa shape index (κ2) is 49.7. The Balaban J connectivity index is 4.07. The average molecular weight is 817 g/mol. The van der Waals surface area contributed by atoms with E-state index in [1.54, 1.807) is 0 Å². The molecule has 5 nitrogen and oxygen atoms in total. The fourth-order valence-electron chi connectivity index (χ4n) is 7.56. The van der Waals surface area contributed by atoms with E-state index in [0.717, 1.165) is 38.5 Å². The van der Waals surface area contributed by atoms with Crippen LogP contribution in [0.5, 0.6) is 0 Å². The van der Waals surface area contributed by atoms with Crippen LogP contribution in [0.2, 0.25) is 0 Å². The molecule has 5 heteroatoms. The maximum absolute atomic E-state index is 12.7. The maximum Gasteiger partial charge on any atom is 0.306 e. The van der Waals surface area contributed by atoms with Gasteiger partial charge in [0.2, 0.25) is 0 Å². The quantitative estimate of drug-likeness (QED) is 0.0348. The van der Waals surface area contributed by atoms with E-state index in [0.29, 0.717) is 19.4 Å². The molecule has 0 aromatic carbocycles. The number of carbonyl (C=O) groups excluding carboxylic acids is 2. The number of rotatable bonds is 48. The van der Waals surface area contributed by atoms with Gasteiger partial charge >= 0.3 is 11.9 Å². The highest BCUT2D eigenvalue weighted by atomic mass is 16.6. The van der Waals surface area contributed by atoms with Gasteiger partial charge in [-0.05, 0) is 70.6 Å². The Hall–Kier alpha value is -1.62. The molecule has 58 heavy (non-hydrogen) atoms. The number of carbonyl (C=O) groups is 2. The molecule has 0 bridgehead atoms. The molecule has 342 valence electrons. The van der Waals surface area contributed by atoms with Gasteiger partial charge in [-0.15, -0.1) is 0 Å². The normalized spacial score (nSPS) is 12.3. The van der Waals surface area contributed by atoms with Crippen molar-refractivity contribution in [2.75, 3.05) is 19.8 Å². The van der Waals surface area contributed by atoms with Crippen LogP contribution in [0.15, 0.2) is 24.3 Å². The highest BCUT2D eigenvalue weighted by molar-refractivity contribution is 5.70. The zero-order valence-electron chi connectivity index (χ0n) is 39.3. The number of unbranched alkanes of at least 4 members (excludes halogenated alkanes) is 33. The zero-order chi connectivity index (χ0) is 42.1. The summed E-state index contributed by atoms with van der Waals surface area (Å²) in [5, 5.41) is 0. The van der Waals surface area contributed by atoms with E-state index in [1.807, 2.05) is 0 Å². The summed E-state index contributed by atoms with van der Waals surface area (Å²) in [5.74, 6) is -0.395. The van der Waals surface area contributed by atoms with E-state index in [-0.39, 0.29) is 25.2 Å². The molecule has 0 heterocycles. The molecule has 1 atom stereocenters. The van der Waals surface area contributed by atoms with Crippen molar-refractivity contribution >= 4 is 11.9 Å². The molecule has 0 fully saturated rings. The van der Waals surface area contributed by atoms with Crippen LogP contribution in [-0.2, 0) is 23.8 Å². The van der Waals surface area contributed by atoms with E-state index in [4.69, 9.17) is 14.2 Å². The minimum atomic E-state index is -0.531. The van der Waals surface area contributed by atoms with E-state index >= 15 is 0 Å². The second-order valence-corrected chi connectivity index (χ2v) is 17.4. The summed E-state index contributed by atoms with van der Waals surface area (Å²) in [6.07, 6.45) is 57.7. The van der Waals surface area contributed by atoms with Crippen molar-refractivity contribution in [3.8, 4) is 0 Å². The summed E-state index contributed by atoms with van der Waals surface area (Å²) in [6.45, 7) is 7.81. The lowest BCUT2D eigenvalue weighted by Gasteiger charge is -2.18. The van der Waals surface area contributed by atoms with E-state index in [2.05, 4.69) is 45.1 Å². The van der Waals surface area contributed by atoms with Gasteiger partial charge in [-0.25, -0.2) is 0 Å². The van der Waals surface area contributed by atoms with Gasteiger partial charge in [0, 0.05) is 19.4 Å². The predicted molar refractivity (Wildman–Crippen MR) is 252 cm³/mol. The van der Waals surface area contributed by atoms with Crippen LogP contribution >= 0.6 is 0 Å². The third-order valence-corrected chi connectivity index (χ3v) is 11.5. The van der Waals surface area contributed by atoms with Gasteiger partial charge in [0.05, 0.1) is 6.61 Å². The second-order valence-electron chi connectivity index (χ2n) is 17.4. The Kier molecular flexibility index (Phi) is 48.4. The molecule has 0 saturated heterocycles. The maximum atomic E-state index is 12.7. The highest BCUT2D eigenvalue weighted by Gasteiger charge is 2.17. The van der Waals surface area contributed by atoms with Crippen molar-refractivity contribution in [1.29, 1.82) is 0 Å². The van der Waals surface area contributed by atoms with Crippen LogP contribution in [0.25, 0.3) is 0 Å². The molecule has 0 saturated carbocycles. The molecule has 0 aromatic heterocycles. The van der Waals surface area contributed by atoms with Crippen molar-refractivity contribution in [1.82, 2.24) is 0 Å². The monoisotopic (exact) mass is 817 g/mol. The standard InChI is InChI=1S/C53H100O5/c1-4-7-10-13-16-18-20-22-24-26-27-28-29-31-33-35-38-40-43-46-52(54)57-50-51(58-53(55)47-44-41-37-15-12-9-6-3)49-56-48-45-42-39-36-34-32-30-25-23-21-19-17-14-11-8-5-2/h22-25,51H,4-21,26-50H2,1-3H3/b24-22-,25-23-. The molecular weight excluding hydrogens is 717 g/mol. The minimum Gasteiger partial charge on any atom is -0.462 e. The molecule has 0 radical (unpaired) electrons. The first-order chi connectivity index (χ1) is 28.6. The Morgan fingerprint density at radius 3 is 1.05 bits per heavy atom. The first-order valence-electron chi connectivity index (χ1n) is 25.9. The third kappa shape index (κ3) is 47.1. The van der Waals surface area contributed by atoms with Gasteiger partial charge in [0.25, 0.3) is 0 Å². The van der Waals surface area contributed by atoms with Crippen LogP contribution in [0, 0.1) is 0 Å². The Morgan fingerprint density at radius 2 is 0.672 bits per heavy atom. The van der Waals surface area contributed by atoms with Crippen LogP contribution < -0.4 is 0 Å². The smallest absolute Gasteiger partial charge is 0.306 e. The van der Waals surface area contributed by atoms with Crippen molar-refractivity contribution in [3.63, 3.8) is 0 Å². The first kappa shape index (κ1) is 56.4. The fraction of sp³-hybridized carbons (Fsp3) is 0.887. The molecule has 0 aliphatic rings. The van der Waals surface area contributed by atoms with E-state index < -0.39 is 6.10 Å². The summed E-state index contributed by atoms with van der Waals surface area (Å²) < 4.78 is 17.3. The lowest BCUT2D eigenvalue weighted by atomic mass is 10.1. The molecule has 0 aliphatic heterocycles. The number of ether oxygens (including phenoxy) is 3. The van der Waals surface area contributed by atoms with Crippen molar-refractivity contribution in [2.24, 2.45) is 0 Å². The largest absolute Gasteiger partial charge is 0.462 e. The Morgan fingerprint density at radius 1 is 0.362 bits per heavy atom. The van der Waals surface area contributed by atoms with E-state index in [1.165, 1.54) is 205 Å². The summed E-state index contributed by atoms with van der Waals surface area (Å²) in [7, 11) is 0. The van der Waals surface area contributed by atoms with Crippen molar-refractivity contribution in [3.05, 3.63) is 24.3 Å². The Labute approximate surface area is 362 Å². The number of hydrogen-bond donors (Lipinski definition) is 0. The van der Waals surface area contributed by atoms with Gasteiger partial charge in [-0.2, -0.15) is 0 Å². The van der Waals surface area contributed by atoms with Gasteiger partial charge in [0.1, 0.15) is 6.61 Å². The molecule has 0 aromatic rings. The highest BCUT2D eigenvalue weighted by Crippen LogP contribution is 2.15. The lowest BCUT2D eigenvalue weighted by molar-refractivity contribution is -0.163. The number of allylic oxidation sites excluding steroid dienone is 4. The molecule has 0 N–H and O–H groups in total. The van der Waals surface area contributed by atoms with Gasteiger partial charge < -0.3 is 14.2 Å². The van der Waals surface area contributed by atoms with Crippen LogP contribution in [0.4, 0.5) is 0 Å². The van der Waals surface area contributed by atoms with Crippen LogP contribution in [0.3, 0.4) is 0 Å². The summed E-state index contributed by atoms with van der Waals surface area (Å²) >= 11 is 0. The lowest BCUT2D eigenvalue weighted by Crippen LogP contribution is -2.30. The average Bonchev–Trinajstić information content (AvgIpc) is 3.22. The molecule has 0 rings (SSSR count). The van der Waals surface area contributed by atoms with Crippen LogP contribution in [-0.4, -0.2) is 37.9 Å². The SMILES string of the molecule is CCCCCCCC/C=C\CCCCCCCCCCCC(=O)OCC(COCCCCCCCC/C=C\CCCCCCCC)OC(=O)CCCCCCCCC. The summed E-state index contributed by atoms with van der Waals surface area (Å²) in [5.41, 5.74) is 0. The molecule has 0 aliphatic carbocycles. The predicted octanol–water partition coefficient (Wildman–Crippen LogP) is 17.2. The molecule has 1 unspecified atom stereocenters. The number of esters is 2. The summed E-state index contributed by atoms with van der Waals surface area (Å²) in [4.78, 5) is 25.2.